The summed E-state index contributed by atoms with van der Waals surface area (Å²) in [4.78, 5) is 19.4. The van der Waals surface area contributed by atoms with Crippen molar-refractivity contribution in [1.82, 2.24) is 24.6 Å². The molecule has 13 heteroatoms. The summed E-state index contributed by atoms with van der Waals surface area (Å²) in [5.74, 6) is -0.240. The third-order valence-electron chi connectivity index (χ3n) is 10.2. The molecule has 3 aliphatic rings. The van der Waals surface area contributed by atoms with E-state index in [1.165, 1.54) is 17.5 Å². The van der Waals surface area contributed by atoms with Gasteiger partial charge in [0.1, 0.15) is 24.6 Å². The maximum Gasteiger partial charge on any atom is 0.164 e. The fourth-order valence-electron chi connectivity index (χ4n) is 7.41. The van der Waals surface area contributed by atoms with E-state index >= 15 is 0 Å². The fraction of sp³-hybridized carbons (Fsp3) is 0.457. The smallest absolute Gasteiger partial charge is 0.164 e. The van der Waals surface area contributed by atoms with Crippen LogP contribution >= 0.6 is 0 Å². The van der Waals surface area contributed by atoms with Crippen LogP contribution in [0.5, 0.6) is 5.75 Å². The fourth-order valence-corrected chi connectivity index (χ4v) is 7.41. The monoisotopic (exact) mass is 662 g/mol. The molecule has 2 aromatic carbocycles. The van der Waals surface area contributed by atoms with Gasteiger partial charge in [0, 0.05) is 73.8 Å². The van der Waals surface area contributed by atoms with Crippen LogP contribution in [0.2, 0.25) is 0 Å². The molecular weight excluding hydrogens is 621 g/mol. The van der Waals surface area contributed by atoms with Crippen LogP contribution in [0.15, 0.2) is 55.1 Å². The molecule has 1 atom stereocenters. The molecule has 48 heavy (non-hydrogen) atoms. The van der Waals surface area contributed by atoms with Crippen molar-refractivity contribution >= 4 is 23.0 Å². The zero-order valence-corrected chi connectivity index (χ0v) is 27.3. The van der Waals surface area contributed by atoms with Crippen LogP contribution in [0.4, 0.5) is 36.2 Å². The number of hydrogen-bond acceptors (Lipinski definition) is 9. The molecule has 0 radical (unpaired) electrons. The van der Waals surface area contributed by atoms with Gasteiger partial charge in [-0.1, -0.05) is 12.1 Å². The highest BCUT2D eigenvalue weighted by atomic mass is 19.2. The molecule has 4 aromatic rings. The number of nitrogens with one attached hydrogen (secondary N) is 1. The van der Waals surface area contributed by atoms with Crippen molar-refractivity contribution in [2.45, 2.75) is 38.1 Å². The quantitative estimate of drug-likeness (QED) is 0.218. The van der Waals surface area contributed by atoms with Crippen molar-refractivity contribution in [2.75, 3.05) is 68.4 Å². The Bertz CT molecular complexity index is 1730. The average Bonchev–Trinajstić information content (AvgIpc) is 3.77. The summed E-state index contributed by atoms with van der Waals surface area (Å²) in [6.45, 7) is 4.37. The minimum absolute atomic E-state index is 0.213. The van der Waals surface area contributed by atoms with Gasteiger partial charge in [0.25, 0.3) is 0 Å². The summed E-state index contributed by atoms with van der Waals surface area (Å²) >= 11 is 0. The molecule has 3 fully saturated rings. The zero-order chi connectivity index (χ0) is 33.3. The van der Waals surface area contributed by atoms with E-state index in [1.807, 2.05) is 19.4 Å². The Balaban J connectivity index is 1.15. The normalized spacial score (nSPS) is 19.6. The van der Waals surface area contributed by atoms with Crippen LogP contribution in [0.1, 0.15) is 43.7 Å². The Morgan fingerprint density at radius 3 is 2.56 bits per heavy atom. The van der Waals surface area contributed by atoms with Gasteiger partial charge in [-0.3, -0.25) is 9.52 Å². The second kappa shape index (κ2) is 13.6. The second-order valence-corrected chi connectivity index (χ2v) is 13.0. The van der Waals surface area contributed by atoms with Crippen molar-refractivity contribution in [3.8, 4) is 16.9 Å². The number of nitrogens with zero attached hydrogens (tertiary/aromatic N) is 7. The first kappa shape index (κ1) is 32.2. The minimum Gasteiger partial charge on any atom is -0.494 e. The van der Waals surface area contributed by atoms with Gasteiger partial charge < -0.3 is 19.9 Å². The number of aromatic nitrogens is 4. The summed E-state index contributed by atoms with van der Waals surface area (Å²) in [6, 6.07) is 9.47. The Morgan fingerprint density at radius 1 is 1.04 bits per heavy atom. The van der Waals surface area contributed by atoms with E-state index < -0.39 is 17.7 Å². The molecule has 0 aliphatic carbocycles. The molecule has 0 bridgehead atoms. The SMILES string of the molecule is COc1cc(N2CCC3(CCN(CCF)CC3)CC2)c(-c2cnn(C)c2)cc1Nc1cc(N2OCC[C@@H]2c2cccc(F)c2F)ncn1. The highest BCUT2D eigenvalue weighted by Gasteiger charge is 2.38. The first-order chi connectivity index (χ1) is 23.4. The van der Waals surface area contributed by atoms with Gasteiger partial charge in [-0.15, -0.1) is 0 Å². The zero-order valence-electron chi connectivity index (χ0n) is 27.3. The Morgan fingerprint density at radius 2 is 1.83 bits per heavy atom. The molecule has 1 N–H and O–H groups in total. The van der Waals surface area contributed by atoms with Gasteiger partial charge in [0.05, 0.1) is 31.6 Å². The predicted octanol–water partition coefficient (Wildman–Crippen LogP) is 6.44. The number of halogens is 3. The summed E-state index contributed by atoms with van der Waals surface area (Å²) in [5.41, 5.74) is 4.29. The average molecular weight is 663 g/mol. The molecule has 0 unspecified atom stereocenters. The topological polar surface area (TPSA) is 83.8 Å². The maximum atomic E-state index is 14.7. The van der Waals surface area contributed by atoms with Gasteiger partial charge in [-0.2, -0.15) is 5.10 Å². The minimum atomic E-state index is -0.899. The molecule has 2 aromatic heterocycles. The summed E-state index contributed by atoms with van der Waals surface area (Å²) in [5, 5.41) is 9.37. The van der Waals surface area contributed by atoms with Crippen LogP contribution < -0.4 is 20.0 Å². The van der Waals surface area contributed by atoms with E-state index in [0.29, 0.717) is 48.1 Å². The first-order valence-electron chi connectivity index (χ1n) is 16.6. The highest BCUT2D eigenvalue weighted by Crippen LogP contribution is 2.46. The van der Waals surface area contributed by atoms with Crippen LogP contribution in [0.25, 0.3) is 11.1 Å². The first-order valence-corrected chi connectivity index (χ1v) is 16.6. The van der Waals surface area contributed by atoms with E-state index in [4.69, 9.17) is 9.57 Å². The Kier molecular flexibility index (Phi) is 9.15. The molecule has 3 saturated heterocycles. The maximum absolute atomic E-state index is 14.7. The van der Waals surface area contributed by atoms with E-state index in [-0.39, 0.29) is 12.2 Å². The Labute approximate surface area is 278 Å². The predicted molar refractivity (Wildman–Crippen MR) is 178 cm³/mol. The van der Waals surface area contributed by atoms with Gasteiger partial charge >= 0.3 is 0 Å². The largest absolute Gasteiger partial charge is 0.494 e. The number of anilines is 4. The summed E-state index contributed by atoms with van der Waals surface area (Å²) in [7, 11) is 3.55. The highest BCUT2D eigenvalue weighted by molar-refractivity contribution is 5.85. The van der Waals surface area contributed by atoms with Gasteiger partial charge in [0.15, 0.2) is 17.5 Å². The molecule has 0 saturated carbocycles. The lowest BCUT2D eigenvalue weighted by molar-refractivity contribution is 0.0764. The number of likely N-dealkylation sites (tertiary alicyclic amines) is 1. The van der Waals surface area contributed by atoms with Crippen molar-refractivity contribution < 1.29 is 22.7 Å². The third kappa shape index (κ3) is 6.40. The van der Waals surface area contributed by atoms with Gasteiger partial charge in [0.2, 0.25) is 0 Å². The standard InChI is InChI=1S/C35H41F3N8O2/c1-43-22-24(21-41-43)26-18-28(31(47-2)19-30(26)45-14-9-35(10-15-45)7-12-44(13-8-35)16-11-36)42-32-20-33(40-23-39-32)46-29(6-17-48-46)25-4-3-5-27(37)34(25)38/h3-5,18-23,29H,6-17H2,1-2H3,(H,39,40,42)/t29-/m1/s1. The molecule has 1 spiro atoms. The number of ether oxygens (including phenoxy) is 1. The van der Waals surface area contributed by atoms with E-state index in [2.05, 4.69) is 42.3 Å². The number of methoxy groups -OCH3 is 1. The van der Waals surface area contributed by atoms with Crippen LogP contribution in [0, 0.1) is 17.0 Å². The number of hydrogen-bond donors (Lipinski definition) is 1. The number of aryl methyl sites for hydroxylation is 1. The number of rotatable bonds is 9. The van der Waals surface area contributed by atoms with Crippen molar-refractivity contribution in [1.29, 1.82) is 0 Å². The van der Waals surface area contributed by atoms with Crippen LogP contribution in [0.3, 0.4) is 0 Å². The van der Waals surface area contributed by atoms with Gasteiger partial charge in [-0.05, 0) is 56.3 Å². The second-order valence-electron chi connectivity index (χ2n) is 13.0. The van der Waals surface area contributed by atoms with Crippen LogP contribution in [-0.4, -0.2) is 77.8 Å². The van der Waals surface area contributed by atoms with Crippen molar-refractivity contribution in [2.24, 2.45) is 12.5 Å². The number of alkyl halides is 1. The van der Waals surface area contributed by atoms with Crippen LogP contribution in [-0.2, 0) is 11.9 Å². The molecule has 3 aliphatic heterocycles. The molecule has 10 nitrogen and oxygen atoms in total. The van der Waals surface area contributed by atoms with Crippen molar-refractivity contribution in [3.63, 3.8) is 0 Å². The third-order valence-corrected chi connectivity index (χ3v) is 10.2. The summed E-state index contributed by atoms with van der Waals surface area (Å²) in [6.07, 6.45) is 10.2. The van der Waals surface area contributed by atoms with E-state index in [1.54, 1.807) is 23.9 Å². The number of benzene rings is 2. The molecule has 5 heterocycles. The van der Waals surface area contributed by atoms with E-state index in [9.17, 15) is 13.2 Å². The molecule has 7 rings (SSSR count). The lowest BCUT2D eigenvalue weighted by atomic mass is 9.71. The van der Waals surface area contributed by atoms with Gasteiger partial charge in [-0.25, -0.2) is 28.2 Å². The molecule has 254 valence electrons. The Hall–Kier alpha value is -4.36. The molecular formula is C35H41F3N8O2. The lowest BCUT2D eigenvalue weighted by Crippen LogP contribution is -2.47. The number of hydroxylamine groups is 1. The number of piperidine rings is 2. The summed E-state index contributed by atoms with van der Waals surface area (Å²) < 4.78 is 49.4. The lowest BCUT2D eigenvalue weighted by Gasteiger charge is -2.47. The molecule has 0 amide bonds. The van der Waals surface area contributed by atoms with Crippen molar-refractivity contribution in [3.05, 3.63) is 72.3 Å². The van der Waals surface area contributed by atoms with E-state index in [0.717, 1.165) is 74.7 Å².